The molecule has 5 heteroatoms. The molecule has 0 saturated heterocycles. The molecule has 1 aliphatic carbocycles. The van der Waals surface area contributed by atoms with Crippen LogP contribution >= 0.6 is 11.3 Å². The van der Waals surface area contributed by atoms with Crippen molar-refractivity contribution in [2.24, 2.45) is 0 Å². The van der Waals surface area contributed by atoms with Crippen LogP contribution in [0.4, 0.5) is 5.13 Å². The van der Waals surface area contributed by atoms with Crippen molar-refractivity contribution in [1.82, 2.24) is 4.98 Å². The SMILES string of the molecule is O=C([O-])c1ccccc1CN(c1nc(-c2ccccc2)c(-c2ccccc2)s1)C1CCCC1. The summed E-state index contributed by atoms with van der Waals surface area (Å²) in [6.45, 7) is 0.505. The van der Waals surface area contributed by atoms with Gasteiger partial charge in [0.25, 0.3) is 0 Å². The molecule has 1 saturated carbocycles. The maximum absolute atomic E-state index is 11.7. The van der Waals surface area contributed by atoms with E-state index in [1.807, 2.05) is 48.5 Å². The molecule has 0 amide bonds. The predicted molar refractivity (Wildman–Crippen MR) is 132 cm³/mol. The van der Waals surface area contributed by atoms with E-state index in [0.29, 0.717) is 12.6 Å². The second kappa shape index (κ2) is 9.59. The Bertz CT molecular complexity index is 1170. The molecule has 4 aromatic rings. The second-order valence-corrected chi connectivity index (χ2v) is 9.39. The minimum absolute atomic E-state index is 0.253. The van der Waals surface area contributed by atoms with E-state index in [1.165, 1.54) is 12.8 Å². The zero-order valence-corrected chi connectivity index (χ0v) is 19.1. The lowest BCUT2D eigenvalue weighted by Crippen LogP contribution is -2.34. The third kappa shape index (κ3) is 4.55. The van der Waals surface area contributed by atoms with Crippen molar-refractivity contribution in [3.05, 3.63) is 96.1 Å². The molecule has 0 bridgehead atoms. The van der Waals surface area contributed by atoms with Crippen LogP contribution in [0.3, 0.4) is 0 Å². The molecule has 0 unspecified atom stereocenters. The van der Waals surface area contributed by atoms with Crippen LogP contribution in [0.15, 0.2) is 84.9 Å². The lowest BCUT2D eigenvalue weighted by molar-refractivity contribution is -0.255. The number of carbonyl (C=O) groups is 1. The first-order chi connectivity index (χ1) is 16.2. The fraction of sp³-hybridized carbons (Fsp3) is 0.214. The van der Waals surface area contributed by atoms with Gasteiger partial charge in [-0.3, -0.25) is 0 Å². The first-order valence-electron chi connectivity index (χ1n) is 11.4. The van der Waals surface area contributed by atoms with E-state index in [1.54, 1.807) is 23.5 Å². The number of carbonyl (C=O) groups excluding carboxylic acids is 1. The average molecular weight is 454 g/mol. The topological polar surface area (TPSA) is 56.3 Å². The number of aromatic nitrogens is 1. The lowest BCUT2D eigenvalue weighted by atomic mass is 10.1. The first-order valence-corrected chi connectivity index (χ1v) is 12.2. The molecular formula is C28H25N2O2S-. The Hall–Kier alpha value is -3.44. The molecule has 33 heavy (non-hydrogen) atoms. The van der Waals surface area contributed by atoms with Crippen molar-refractivity contribution in [3.8, 4) is 21.7 Å². The van der Waals surface area contributed by atoms with Gasteiger partial charge in [-0.2, -0.15) is 0 Å². The van der Waals surface area contributed by atoms with Gasteiger partial charge in [0.15, 0.2) is 5.13 Å². The molecule has 1 aliphatic rings. The third-order valence-corrected chi connectivity index (χ3v) is 7.43. The van der Waals surface area contributed by atoms with Crippen LogP contribution in [0.1, 0.15) is 41.6 Å². The summed E-state index contributed by atoms with van der Waals surface area (Å²) in [5, 5.41) is 12.7. The van der Waals surface area contributed by atoms with Crippen LogP contribution in [0, 0.1) is 0 Å². The summed E-state index contributed by atoms with van der Waals surface area (Å²) >= 11 is 1.69. The number of carboxylic acid groups (broad SMARTS) is 1. The Morgan fingerprint density at radius 3 is 2.15 bits per heavy atom. The predicted octanol–water partition coefficient (Wildman–Crippen LogP) is 5.79. The van der Waals surface area contributed by atoms with Gasteiger partial charge in [0.2, 0.25) is 0 Å². The summed E-state index contributed by atoms with van der Waals surface area (Å²) in [7, 11) is 0. The van der Waals surface area contributed by atoms with Gasteiger partial charge >= 0.3 is 0 Å². The number of thiazole rings is 1. The van der Waals surface area contributed by atoms with Crippen LogP contribution in [-0.4, -0.2) is 17.0 Å². The van der Waals surface area contributed by atoms with Crippen molar-refractivity contribution < 1.29 is 9.90 Å². The molecule has 166 valence electrons. The summed E-state index contributed by atoms with van der Waals surface area (Å²) in [5.74, 6) is -1.13. The Kier molecular flexibility index (Phi) is 6.22. The van der Waals surface area contributed by atoms with E-state index in [0.717, 1.165) is 45.2 Å². The van der Waals surface area contributed by atoms with E-state index in [4.69, 9.17) is 4.98 Å². The average Bonchev–Trinajstić information content (AvgIpc) is 3.55. The fourth-order valence-electron chi connectivity index (χ4n) is 4.62. The minimum atomic E-state index is -1.13. The Morgan fingerprint density at radius 2 is 1.48 bits per heavy atom. The molecule has 0 atom stereocenters. The summed E-state index contributed by atoms with van der Waals surface area (Å²) in [6.07, 6.45) is 4.56. The van der Waals surface area contributed by atoms with Crippen molar-refractivity contribution in [1.29, 1.82) is 0 Å². The standard InChI is InChI=1S/C28H26N2O2S/c31-27(32)24-18-10-7-15-22(24)19-30(23-16-8-9-17-23)28-29-25(20-11-3-1-4-12-20)26(33-28)21-13-5-2-6-14-21/h1-7,10-15,18,23H,8-9,16-17,19H2,(H,31,32)/p-1. The second-order valence-electron chi connectivity index (χ2n) is 8.42. The zero-order valence-electron chi connectivity index (χ0n) is 18.3. The molecule has 1 aromatic heterocycles. The van der Waals surface area contributed by atoms with Crippen LogP contribution in [0.5, 0.6) is 0 Å². The van der Waals surface area contributed by atoms with Crippen molar-refractivity contribution >= 4 is 22.4 Å². The maximum atomic E-state index is 11.7. The van der Waals surface area contributed by atoms with Crippen molar-refractivity contribution in [2.75, 3.05) is 4.90 Å². The van der Waals surface area contributed by atoms with E-state index in [-0.39, 0.29) is 5.56 Å². The van der Waals surface area contributed by atoms with E-state index in [2.05, 4.69) is 29.2 Å². The highest BCUT2D eigenvalue weighted by atomic mass is 32.1. The van der Waals surface area contributed by atoms with Gasteiger partial charge in [-0.1, -0.05) is 109 Å². The van der Waals surface area contributed by atoms with Crippen LogP contribution in [0.2, 0.25) is 0 Å². The highest BCUT2D eigenvalue weighted by Crippen LogP contribution is 2.42. The summed E-state index contributed by atoms with van der Waals surface area (Å²) in [6, 6.07) is 28.1. The van der Waals surface area contributed by atoms with Gasteiger partial charge in [0.1, 0.15) is 0 Å². The quantitative estimate of drug-likeness (QED) is 0.355. The molecule has 5 rings (SSSR count). The zero-order chi connectivity index (χ0) is 22.6. The molecule has 1 fully saturated rings. The number of anilines is 1. The molecule has 1 heterocycles. The summed E-state index contributed by atoms with van der Waals surface area (Å²) in [4.78, 5) is 20.4. The first kappa shape index (κ1) is 21.4. The Balaban J connectivity index is 1.61. The number of carboxylic acids is 1. The van der Waals surface area contributed by atoms with Gasteiger partial charge < -0.3 is 14.8 Å². The maximum Gasteiger partial charge on any atom is 0.187 e. The number of hydrogen-bond acceptors (Lipinski definition) is 5. The molecule has 0 radical (unpaired) electrons. The summed E-state index contributed by atoms with van der Waals surface area (Å²) in [5.41, 5.74) is 4.21. The fourth-order valence-corrected chi connectivity index (χ4v) is 5.78. The van der Waals surface area contributed by atoms with Gasteiger partial charge in [0, 0.05) is 23.7 Å². The van der Waals surface area contributed by atoms with Gasteiger partial charge in [-0.05, 0) is 24.0 Å². The van der Waals surface area contributed by atoms with Gasteiger partial charge in [0.05, 0.1) is 16.5 Å². The van der Waals surface area contributed by atoms with Crippen LogP contribution in [0.25, 0.3) is 21.7 Å². The Morgan fingerprint density at radius 1 is 0.879 bits per heavy atom. The highest BCUT2D eigenvalue weighted by molar-refractivity contribution is 7.19. The van der Waals surface area contributed by atoms with E-state index >= 15 is 0 Å². The number of aromatic carboxylic acids is 1. The lowest BCUT2D eigenvalue weighted by Gasteiger charge is -2.29. The minimum Gasteiger partial charge on any atom is -0.545 e. The van der Waals surface area contributed by atoms with Crippen LogP contribution < -0.4 is 10.0 Å². The third-order valence-electron chi connectivity index (χ3n) is 6.29. The molecule has 4 nitrogen and oxygen atoms in total. The molecular weight excluding hydrogens is 428 g/mol. The van der Waals surface area contributed by atoms with Gasteiger partial charge in [-0.25, -0.2) is 4.98 Å². The van der Waals surface area contributed by atoms with Gasteiger partial charge in [-0.15, -0.1) is 0 Å². The monoisotopic (exact) mass is 453 g/mol. The Labute approximate surface area is 198 Å². The molecule has 0 aliphatic heterocycles. The number of rotatable bonds is 7. The van der Waals surface area contributed by atoms with Crippen LogP contribution in [-0.2, 0) is 6.54 Å². The number of nitrogens with zero attached hydrogens (tertiary/aromatic N) is 2. The number of benzene rings is 3. The van der Waals surface area contributed by atoms with Crippen molar-refractivity contribution in [3.63, 3.8) is 0 Å². The normalized spacial score (nSPS) is 13.8. The summed E-state index contributed by atoms with van der Waals surface area (Å²) < 4.78 is 0. The number of hydrogen-bond donors (Lipinski definition) is 0. The molecule has 3 aromatic carbocycles. The largest absolute Gasteiger partial charge is 0.545 e. The van der Waals surface area contributed by atoms with E-state index < -0.39 is 5.97 Å². The smallest absolute Gasteiger partial charge is 0.187 e. The van der Waals surface area contributed by atoms with E-state index in [9.17, 15) is 9.90 Å². The van der Waals surface area contributed by atoms with Crippen molar-refractivity contribution in [2.45, 2.75) is 38.3 Å². The molecule has 0 N–H and O–H groups in total. The highest BCUT2D eigenvalue weighted by Gasteiger charge is 2.27. The molecule has 0 spiro atoms.